The van der Waals surface area contributed by atoms with Gasteiger partial charge in [-0.05, 0) is 68.0 Å². The summed E-state index contributed by atoms with van der Waals surface area (Å²) in [5, 5.41) is 0. The van der Waals surface area contributed by atoms with E-state index < -0.39 is 0 Å². The van der Waals surface area contributed by atoms with E-state index in [4.69, 9.17) is 5.84 Å². The highest BCUT2D eigenvalue weighted by molar-refractivity contribution is 5.45. The molecule has 106 valence electrons. The molecule has 0 saturated carbocycles. The van der Waals surface area contributed by atoms with E-state index in [2.05, 4.69) is 70.4 Å². The third-order valence-electron chi connectivity index (χ3n) is 4.11. The number of nitrogens with two attached hydrogens (primary N) is 1. The first-order chi connectivity index (χ1) is 9.43. The molecule has 0 heterocycles. The fourth-order valence-corrected chi connectivity index (χ4v) is 2.71. The Morgan fingerprint density at radius 2 is 1.35 bits per heavy atom. The molecule has 1 unspecified atom stereocenters. The highest BCUT2D eigenvalue weighted by atomic mass is 15.2. The second-order valence-corrected chi connectivity index (χ2v) is 5.75. The Hall–Kier alpha value is -1.64. The Morgan fingerprint density at radius 1 is 0.750 bits per heavy atom. The van der Waals surface area contributed by atoms with Gasteiger partial charge in [0.2, 0.25) is 0 Å². The molecule has 0 amide bonds. The molecule has 0 saturated heterocycles. The Morgan fingerprint density at radius 3 is 2.00 bits per heavy atom. The average molecular weight is 268 g/mol. The van der Waals surface area contributed by atoms with Crippen molar-refractivity contribution in [1.82, 2.24) is 5.43 Å². The molecule has 0 fully saturated rings. The Labute approximate surface area is 122 Å². The minimum Gasteiger partial charge on any atom is -0.271 e. The third kappa shape index (κ3) is 2.77. The van der Waals surface area contributed by atoms with Crippen molar-refractivity contribution in [2.24, 2.45) is 5.84 Å². The molecule has 2 aromatic rings. The quantitative estimate of drug-likeness (QED) is 0.656. The Bertz CT molecular complexity index is 630. The molecule has 2 rings (SSSR count). The molecule has 20 heavy (non-hydrogen) atoms. The van der Waals surface area contributed by atoms with Gasteiger partial charge in [-0.15, -0.1) is 0 Å². The van der Waals surface area contributed by atoms with Crippen molar-refractivity contribution in [3.8, 4) is 0 Å². The van der Waals surface area contributed by atoms with Crippen LogP contribution in [0.3, 0.4) is 0 Å². The van der Waals surface area contributed by atoms with Gasteiger partial charge >= 0.3 is 0 Å². The van der Waals surface area contributed by atoms with Gasteiger partial charge in [-0.3, -0.25) is 5.84 Å². The highest BCUT2D eigenvalue weighted by Gasteiger charge is 2.17. The largest absolute Gasteiger partial charge is 0.271 e. The van der Waals surface area contributed by atoms with Gasteiger partial charge in [0.05, 0.1) is 6.04 Å². The van der Waals surface area contributed by atoms with Crippen molar-refractivity contribution in [3.05, 3.63) is 69.3 Å². The van der Waals surface area contributed by atoms with Crippen LogP contribution in [0.25, 0.3) is 0 Å². The van der Waals surface area contributed by atoms with E-state index in [9.17, 15) is 0 Å². The van der Waals surface area contributed by atoms with E-state index in [0.717, 1.165) is 0 Å². The molecule has 2 nitrogen and oxygen atoms in total. The maximum atomic E-state index is 5.86. The number of rotatable bonds is 3. The van der Waals surface area contributed by atoms with Crippen LogP contribution in [0.2, 0.25) is 0 Å². The van der Waals surface area contributed by atoms with Crippen LogP contribution in [0.1, 0.15) is 45.0 Å². The Kier molecular flexibility index (Phi) is 4.26. The zero-order valence-electron chi connectivity index (χ0n) is 13.0. The minimum absolute atomic E-state index is 0.0363. The van der Waals surface area contributed by atoms with Gasteiger partial charge in [-0.1, -0.05) is 35.9 Å². The maximum Gasteiger partial charge on any atom is 0.0715 e. The molecule has 1 atom stereocenters. The van der Waals surface area contributed by atoms with E-state index in [1.807, 2.05) is 0 Å². The number of nitrogens with one attached hydrogen (secondary N) is 1. The number of hydrazine groups is 1. The van der Waals surface area contributed by atoms with Crippen molar-refractivity contribution in [3.63, 3.8) is 0 Å². The van der Waals surface area contributed by atoms with Gasteiger partial charge < -0.3 is 0 Å². The first kappa shape index (κ1) is 14.8. The van der Waals surface area contributed by atoms with Crippen LogP contribution in [0, 0.1) is 34.6 Å². The molecule has 0 spiro atoms. The smallest absolute Gasteiger partial charge is 0.0715 e. The lowest BCUT2D eigenvalue weighted by molar-refractivity contribution is 0.629. The van der Waals surface area contributed by atoms with Crippen molar-refractivity contribution < 1.29 is 0 Å². The summed E-state index contributed by atoms with van der Waals surface area (Å²) in [7, 11) is 0. The van der Waals surface area contributed by atoms with Crippen molar-refractivity contribution in [2.75, 3.05) is 0 Å². The summed E-state index contributed by atoms with van der Waals surface area (Å²) >= 11 is 0. The fourth-order valence-electron chi connectivity index (χ4n) is 2.71. The Balaban J connectivity index is 2.58. The topological polar surface area (TPSA) is 38.0 Å². The van der Waals surface area contributed by atoms with Crippen LogP contribution in [0.4, 0.5) is 0 Å². The molecule has 0 aliphatic carbocycles. The van der Waals surface area contributed by atoms with E-state index >= 15 is 0 Å². The summed E-state index contributed by atoms with van der Waals surface area (Å²) < 4.78 is 0. The normalized spacial score (nSPS) is 12.5. The standard InChI is InChI=1S/C18H24N2/c1-11-6-7-12(2)16(8-11)18(20-19)17-10-14(4)13(3)9-15(17)5/h6-10,18,20H,19H2,1-5H3. The lowest BCUT2D eigenvalue weighted by Gasteiger charge is -2.22. The third-order valence-corrected chi connectivity index (χ3v) is 4.11. The SMILES string of the molecule is Cc1ccc(C)c(C(NN)c2cc(C)c(C)cc2C)c1. The van der Waals surface area contributed by atoms with Gasteiger partial charge in [-0.2, -0.15) is 0 Å². The van der Waals surface area contributed by atoms with Crippen molar-refractivity contribution in [2.45, 2.75) is 40.7 Å². The van der Waals surface area contributed by atoms with Crippen molar-refractivity contribution >= 4 is 0 Å². The van der Waals surface area contributed by atoms with Crippen LogP contribution < -0.4 is 11.3 Å². The number of aryl methyl sites for hydroxylation is 5. The van der Waals surface area contributed by atoms with E-state index in [1.54, 1.807) is 0 Å². The van der Waals surface area contributed by atoms with Crippen LogP contribution in [-0.4, -0.2) is 0 Å². The van der Waals surface area contributed by atoms with Crippen LogP contribution in [0.5, 0.6) is 0 Å². The number of hydrogen-bond acceptors (Lipinski definition) is 2. The second kappa shape index (κ2) is 5.78. The van der Waals surface area contributed by atoms with Gasteiger partial charge in [0.15, 0.2) is 0 Å². The molecule has 2 aromatic carbocycles. The monoisotopic (exact) mass is 268 g/mol. The lowest BCUT2D eigenvalue weighted by atomic mass is 9.89. The van der Waals surface area contributed by atoms with Crippen molar-refractivity contribution in [1.29, 1.82) is 0 Å². The zero-order chi connectivity index (χ0) is 14.9. The average Bonchev–Trinajstić information content (AvgIpc) is 2.40. The molecular weight excluding hydrogens is 244 g/mol. The summed E-state index contributed by atoms with van der Waals surface area (Å²) in [4.78, 5) is 0. The molecule has 0 bridgehead atoms. The fraction of sp³-hybridized carbons (Fsp3) is 0.333. The molecule has 0 aromatic heterocycles. The summed E-state index contributed by atoms with van der Waals surface area (Å²) in [5.41, 5.74) is 11.9. The van der Waals surface area contributed by atoms with Gasteiger partial charge in [0.25, 0.3) is 0 Å². The molecular formula is C18H24N2. The van der Waals surface area contributed by atoms with E-state index in [-0.39, 0.29) is 6.04 Å². The summed E-state index contributed by atoms with van der Waals surface area (Å²) in [6, 6.07) is 11.0. The van der Waals surface area contributed by atoms with Crippen LogP contribution in [0.15, 0.2) is 30.3 Å². The predicted octanol–water partition coefficient (Wildman–Crippen LogP) is 3.78. The zero-order valence-corrected chi connectivity index (χ0v) is 13.0. The van der Waals surface area contributed by atoms with E-state index in [1.165, 1.54) is 38.9 Å². The second-order valence-electron chi connectivity index (χ2n) is 5.75. The van der Waals surface area contributed by atoms with Gasteiger partial charge in [0, 0.05) is 0 Å². The first-order valence-electron chi connectivity index (χ1n) is 7.05. The highest BCUT2D eigenvalue weighted by Crippen LogP contribution is 2.29. The minimum atomic E-state index is 0.0363. The van der Waals surface area contributed by atoms with Gasteiger partial charge in [0.1, 0.15) is 0 Å². The molecule has 0 aliphatic rings. The number of benzene rings is 2. The summed E-state index contributed by atoms with van der Waals surface area (Å²) in [6.45, 7) is 10.7. The van der Waals surface area contributed by atoms with Gasteiger partial charge in [-0.25, -0.2) is 5.43 Å². The summed E-state index contributed by atoms with van der Waals surface area (Å²) in [5.74, 6) is 5.86. The first-order valence-corrected chi connectivity index (χ1v) is 7.05. The maximum absolute atomic E-state index is 5.86. The van der Waals surface area contributed by atoms with Crippen LogP contribution in [-0.2, 0) is 0 Å². The van der Waals surface area contributed by atoms with E-state index in [0.29, 0.717) is 0 Å². The lowest BCUT2D eigenvalue weighted by Crippen LogP contribution is -2.30. The molecule has 0 radical (unpaired) electrons. The number of hydrogen-bond donors (Lipinski definition) is 2. The predicted molar refractivity (Wildman–Crippen MR) is 85.7 cm³/mol. The summed E-state index contributed by atoms with van der Waals surface area (Å²) in [6.07, 6.45) is 0. The van der Waals surface area contributed by atoms with Crippen LogP contribution >= 0.6 is 0 Å². The molecule has 2 heteroatoms. The molecule has 0 aliphatic heterocycles. The molecule has 3 N–H and O–H groups in total.